The highest BCUT2D eigenvalue weighted by Gasteiger charge is 2.05. The van der Waals surface area contributed by atoms with E-state index in [1.54, 1.807) is 18.3 Å². The number of hydrogen-bond acceptors (Lipinski definition) is 3. The van der Waals surface area contributed by atoms with E-state index in [1.165, 1.54) is 0 Å². The molecule has 3 nitrogen and oxygen atoms in total. The van der Waals surface area contributed by atoms with Crippen molar-refractivity contribution < 1.29 is 4.52 Å². The SMILES string of the molecule is Nc1oncc1-c1ccc(Cl)cc1. The van der Waals surface area contributed by atoms with Gasteiger partial charge in [-0.1, -0.05) is 28.9 Å². The Balaban J connectivity index is 2.47. The van der Waals surface area contributed by atoms with Gasteiger partial charge in [-0.25, -0.2) is 0 Å². The molecule has 2 rings (SSSR count). The molecule has 0 aliphatic rings. The molecule has 0 aliphatic carbocycles. The van der Waals surface area contributed by atoms with Gasteiger partial charge in [0.25, 0.3) is 0 Å². The number of benzene rings is 1. The van der Waals surface area contributed by atoms with Gasteiger partial charge in [-0.2, -0.15) is 0 Å². The summed E-state index contributed by atoms with van der Waals surface area (Å²) in [6, 6.07) is 7.32. The zero-order valence-electron chi connectivity index (χ0n) is 6.70. The smallest absolute Gasteiger partial charge is 0.229 e. The van der Waals surface area contributed by atoms with Gasteiger partial charge < -0.3 is 10.3 Å². The molecule has 0 saturated heterocycles. The molecule has 0 fully saturated rings. The Morgan fingerprint density at radius 3 is 2.46 bits per heavy atom. The van der Waals surface area contributed by atoms with E-state index in [-0.39, 0.29) is 0 Å². The monoisotopic (exact) mass is 194 g/mol. The van der Waals surface area contributed by atoms with Crippen LogP contribution in [-0.4, -0.2) is 5.16 Å². The van der Waals surface area contributed by atoms with Crippen LogP contribution in [-0.2, 0) is 0 Å². The Morgan fingerprint density at radius 1 is 1.23 bits per heavy atom. The van der Waals surface area contributed by atoms with Crippen molar-refractivity contribution in [3.63, 3.8) is 0 Å². The number of nitrogens with zero attached hydrogens (tertiary/aromatic N) is 1. The van der Waals surface area contributed by atoms with Gasteiger partial charge >= 0.3 is 0 Å². The molecule has 1 aromatic carbocycles. The second kappa shape index (κ2) is 3.11. The molecule has 13 heavy (non-hydrogen) atoms. The summed E-state index contributed by atoms with van der Waals surface area (Å²) in [5.74, 6) is 0.322. The van der Waals surface area contributed by atoms with E-state index in [9.17, 15) is 0 Å². The summed E-state index contributed by atoms with van der Waals surface area (Å²) in [5, 5.41) is 4.28. The maximum atomic E-state index is 5.74. The molecule has 0 saturated carbocycles. The van der Waals surface area contributed by atoms with Crippen molar-refractivity contribution in [2.75, 3.05) is 5.73 Å². The minimum absolute atomic E-state index is 0.322. The minimum Gasteiger partial charge on any atom is -0.367 e. The van der Waals surface area contributed by atoms with Gasteiger partial charge in [0.15, 0.2) is 0 Å². The van der Waals surface area contributed by atoms with Gasteiger partial charge in [0.2, 0.25) is 5.88 Å². The number of rotatable bonds is 1. The molecule has 0 amide bonds. The number of nitrogens with two attached hydrogens (primary N) is 1. The predicted molar refractivity (Wildman–Crippen MR) is 51.4 cm³/mol. The van der Waals surface area contributed by atoms with Crippen molar-refractivity contribution in [2.24, 2.45) is 0 Å². The molecule has 2 N–H and O–H groups in total. The third kappa shape index (κ3) is 1.51. The summed E-state index contributed by atoms with van der Waals surface area (Å²) < 4.78 is 4.74. The number of anilines is 1. The first-order valence-electron chi connectivity index (χ1n) is 3.73. The summed E-state index contributed by atoms with van der Waals surface area (Å²) in [5.41, 5.74) is 7.28. The Kier molecular flexibility index (Phi) is 1.94. The van der Waals surface area contributed by atoms with Crippen molar-refractivity contribution >= 4 is 17.5 Å². The summed E-state index contributed by atoms with van der Waals surface area (Å²) in [6.07, 6.45) is 1.58. The highest BCUT2D eigenvalue weighted by Crippen LogP contribution is 2.26. The number of hydrogen-bond donors (Lipinski definition) is 1. The Bertz CT molecular complexity index is 408. The number of halogens is 1. The first-order valence-corrected chi connectivity index (χ1v) is 4.11. The summed E-state index contributed by atoms with van der Waals surface area (Å²) >= 11 is 5.74. The van der Waals surface area contributed by atoms with Gasteiger partial charge in [0.1, 0.15) is 0 Å². The van der Waals surface area contributed by atoms with Crippen molar-refractivity contribution in [3.8, 4) is 11.1 Å². The highest BCUT2D eigenvalue weighted by molar-refractivity contribution is 6.30. The van der Waals surface area contributed by atoms with Crippen LogP contribution < -0.4 is 5.73 Å². The fourth-order valence-electron chi connectivity index (χ4n) is 1.09. The zero-order valence-corrected chi connectivity index (χ0v) is 7.45. The number of nitrogen functional groups attached to an aromatic ring is 1. The maximum Gasteiger partial charge on any atom is 0.229 e. The molecule has 4 heteroatoms. The van der Waals surface area contributed by atoms with Crippen molar-refractivity contribution in [3.05, 3.63) is 35.5 Å². The lowest BCUT2D eigenvalue weighted by molar-refractivity contribution is 0.436. The van der Waals surface area contributed by atoms with Crippen LogP contribution in [0, 0.1) is 0 Å². The Morgan fingerprint density at radius 2 is 1.92 bits per heavy atom. The molecule has 0 atom stereocenters. The van der Waals surface area contributed by atoms with E-state index in [0.717, 1.165) is 11.1 Å². The predicted octanol–water partition coefficient (Wildman–Crippen LogP) is 2.58. The lowest BCUT2D eigenvalue weighted by atomic mass is 10.1. The molecule has 0 spiro atoms. The molecular formula is C9H7ClN2O. The largest absolute Gasteiger partial charge is 0.367 e. The highest BCUT2D eigenvalue weighted by atomic mass is 35.5. The molecular weight excluding hydrogens is 188 g/mol. The molecule has 1 heterocycles. The van der Waals surface area contributed by atoms with E-state index in [1.807, 2.05) is 12.1 Å². The molecule has 0 aliphatic heterocycles. The first-order chi connectivity index (χ1) is 6.27. The molecule has 0 radical (unpaired) electrons. The first kappa shape index (κ1) is 8.13. The van der Waals surface area contributed by atoms with Crippen LogP contribution >= 0.6 is 11.6 Å². The van der Waals surface area contributed by atoms with E-state index >= 15 is 0 Å². The van der Waals surface area contributed by atoms with Crippen LogP contribution in [0.2, 0.25) is 5.02 Å². The third-order valence-electron chi connectivity index (χ3n) is 1.75. The van der Waals surface area contributed by atoms with Crippen LogP contribution in [0.4, 0.5) is 5.88 Å². The van der Waals surface area contributed by atoms with E-state index in [0.29, 0.717) is 10.9 Å². The normalized spacial score (nSPS) is 10.2. The Labute approximate surface area is 80.1 Å². The fourth-order valence-corrected chi connectivity index (χ4v) is 1.22. The second-order valence-electron chi connectivity index (χ2n) is 2.61. The Hall–Kier alpha value is -1.48. The van der Waals surface area contributed by atoms with Crippen molar-refractivity contribution in [1.82, 2.24) is 5.16 Å². The van der Waals surface area contributed by atoms with Crippen LogP contribution in [0.15, 0.2) is 35.0 Å². The summed E-state index contributed by atoms with van der Waals surface area (Å²) in [7, 11) is 0. The second-order valence-corrected chi connectivity index (χ2v) is 3.05. The van der Waals surface area contributed by atoms with Crippen LogP contribution in [0.5, 0.6) is 0 Å². The van der Waals surface area contributed by atoms with E-state index in [4.69, 9.17) is 21.9 Å². The van der Waals surface area contributed by atoms with Crippen LogP contribution in [0.3, 0.4) is 0 Å². The van der Waals surface area contributed by atoms with Crippen molar-refractivity contribution in [1.29, 1.82) is 0 Å². The minimum atomic E-state index is 0.322. The van der Waals surface area contributed by atoms with Gasteiger partial charge in [-0.3, -0.25) is 0 Å². The standard InChI is InChI=1S/C9H7ClN2O/c10-7-3-1-6(2-4-7)8-5-12-13-9(8)11/h1-5H,11H2. The van der Waals surface area contributed by atoms with E-state index < -0.39 is 0 Å². The third-order valence-corrected chi connectivity index (χ3v) is 2.01. The molecule has 66 valence electrons. The maximum absolute atomic E-state index is 5.74. The molecule has 0 bridgehead atoms. The van der Waals surface area contributed by atoms with Gasteiger partial charge in [0.05, 0.1) is 11.8 Å². The number of aromatic nitrogens is 1. The van der Waals surface area contributed by atoms with Crippen LogP contribution in [0.25, 0.3) is 11.1 Å². The van der Waals surface area contributed by atoms with Gasteiger partial charge in [-0.05, 0) is 17.7 Å². The summed E-state index contributed by atoms with van der Waals surface area (Å²) in [6.45, 7) is 0. The van der Waals surface area contributed by atoms with Gasteiger partial charge in [-0.15, -0.1) is 0 Å². The fraction of sp³-hybridized carbons (Fsp3) is 0. The summed E-state index contributed by atoms with van der Waals surface area (Å²) in [4.78, 5) is 0. The topological polar surface area (TPSA) is 52.0 Å². The molecule has 1 aromatic heterocycles. The molecule has 0 unspecified atom stereocenters. The van der Waals surface area contributed by atoms with Crippen LogP contribution in [0.1, 0.15) is 0 Å². The van der Waals surface area contributed by atoms with E-state index in [2.05, 4.69) is 5.16 Å². The quantitative estimate of drug-likeness (QED) is 0.759. The van der Waals surface area contributed by atoms with Gasteiger partial charge in [0, 0.05) is 5.02 Å². The average Bonchev–Trinajstić information content (AvgIpc) is 2.53. The molecule has 2 aromatic rings. The zero-order chi connectivity index (χ0) is 9.26. The lowest BCUT2D eigenvalue weighted by Gasteiger charge is -1.96. The van der Waals surface area contributed by atoms with Crippen molar-refractivity contribution in [2.45, 2.75) is 0 Å². The lowest BCUT2D eigenvalue weighted by Crippen LogP contribution is -1.83. The average molecular weight is 195 g/mol.